The van der Waals surface area contributed by atoms with Crippen LogP contribution < -0.4 is 10.5 Å². The summed E-state index contributed by atoms with van der Waals surface area (Å²) in [7, 11) is 0. The van der Waals surface area contributed by atoms with Crippen molar-refractivity contribution < 1.29 is 18.3 Å². The van der Waals surface area contributed by atoms with E-state index < -0.39 is 5.76 Å². The van der Waals surface area contributed by atoms with Gasteiger partial charge in [0.25, 0.3) is 0 Å². The number of rotatable bonds is 6. The van der Waals surface area contributed by atoms with Crippen molar-refractivity contribution in [2.45, 2.75) is 19.2 Å². The number of hydrogen-bond acceptors (Lipinski definition) is 6. The van der Waals surface area contributed by atoms with Crippen LogP contribution in [-0.4, -0.2) is 43.5 Å². The Labute approximate surface area is 175 Å². The van der Waals surface area contributed by atoms with E-state index in [1.807, 2.05) is 0 Å². The van der Waals surface area contributed by atoms with Crippen molar-refractivity contribution in [1.29, 1.82) is 0 Å². The molecule has 0 bridgehead atoms. The van der Waals surface area contributed by atoms with E-state index in [2.05, 4.69) is 10.3 Å². The fourth-order valence-electron chi connectivity index (χ4n) is 3.47. The van der Waals surface area contributed by atoms with E-state index in [1.165, 1.54) is 16.7 Å². The maximum absolute atomic E-state index is 12.9. The molecular formula is C21H18FN5O4. The Morgan fingerprint density at radius 3 is 2.74 bits per heavy atom. The number of likely N-dealkylation sites (tertiary alicyclic amines) is 1. The highest BCUT2D eigenvalue weighted by molar-refractivity contribution is 5.80. The fourth-order valence-corrected chi connectivity index (χ4v) is 3.47. The molecule has 0 N–H and O–H groups in total. The summed E-state index contributed by atoms with van der Waals surface area (Å²) in [4.78, 5) is 26.3. The fraction of sp³-hybridized carbons (Fsp3) is 0.238. The number of ether oxygens (including phenoxy) is 1. The highest BCUT2D eigenvalue weighted by Gasteiger charge is 2.33. The molecule has 1 aliphatic heterocycles. The summed E-state index contributed by atoms with van der Waals surface area (Å²) in [6.07, 6.45) is 1.77. The number of nitrogens with zero attached hydrogens (tertiary/aromatic N) is 5. The number of amides is 1. The van der Waals surface area contributed by atoms with Crippen LogP contribution in [0, 0.1) is 5.82 Å². The molecule has 1 saturated heterocycles. The van der Waals surface area contributed by atoms with Gasteiger partial charge in [-0.25, -0.2) is 13.9 Å². The van der Waals surface area contributed by atoms with Gasteiger partial charge in [0.1, 0.15) is 30.4 Å². The van der Waals surface area contributed by atoms with Crippen molar-refractivity contribution >= 4 is 17.0 Å². The molecule has 0 spiro atoms. The quantitative estimate of drug-likeness (QED) is 0.471. The summed E-state index contributed by atoms with van der Waals surface area (Å²) in [5, 5.41) is 8.19. The van der Waals surface area contributed by atoms with Gasteiger partial charge in [-0.2, -0.15) is 0 Å². The molecule has 0 radical (unpaired) electrons. The van der Waals surface area contributed by atoms with E-state index in [-0.39, 0.29) is 30.9 Å². The zero-order valence-corrected chi connectivity index (χ0v) is 16.3. The molecule has 1 amide bonds. The van der Waals surface area contributed by atoms with Gasteiger partial charge in [0.15, 0.2) is 5.58 Å². The molecule has 158 valence electrons. The van der Waals surface area contributed by atoms with Crippen molar-refractivity contribution in [2.75, 3.05) is 13.1 Å². The number of hydrogen-bond donors (Lipinski definition) is 0. The predicted octanol–water partition coefficient (Wildman–Crippen LogP) is 1.99. The van der Waals surface area contributed by atoms with E-state index in [0.717, 1.165) is 0 Å². The number of halogens is 1. The molecule has 1 fully saturated rings. The number of aromatic nitrogens is 4. The summed E-state index contributed by atoms with van der Waals surface area (Å²) < 4.78 is 26.7. The van der Waals surface area contributed by atoms with Crippen LogP contribution in [0.15, 0.2) is 63.9 Å². The van der Waals surface area contributed by atoms with Gasteiger partial charge in [0, 0.05) is 13.1 Å². The van der Waals surface area contributed by atoms with Gasteiger partial charge >= 0.3 is 5.76 Å². The van der Waals surface area contributed by atoms with Crippen molar-refractivity contribution in [3.8, 4) is 5.75 Å². The van der Waals surface area contributed by atoms with Gasteiger partial charge in [0.2, 0.25) is 5.91 Å². The molecule has 2 aromatic carbocycles. The summed E-state index contributed by atoms with van der Waals surface area (Å²) in [5.41, 5.74) is 1.69. The number of para-hydroxylation sites is 2. The standard InChI is InChI=1S/C21H18FN5O4/c22-14-5-7-17(8-6-14)30-13-15-9-27(24-23-15)16-10-25(11-16)20(28)12-26-18-3-1-2-4-19(18)31-21(26)29/h1-9,16H,10-13H2. The predicted molar refractivity (Wildman–Crippen MR) is 107 cm³/mol. The van der Waals surface area contributed by atoms with Gasteiger partial charge in [-0.05, 0) is 36.4 Å². The minimum atomic E-state index is -0.548. The topological polar surface area (TPSA) is 95.4 Å². The Bertz CT molecular complexity index is 1290. The van der Waals surface area contributed by atoms with E-state index in [0.29, 0.717) is 35.6 Å². The monoisotopic (exact) mass is 423 g/mol. The molecule has 0 unspecified atom stereocenters. The molecule has 31 heavy (non-hydrogen) atoms. The highest BCUT2D eigenvalue weighted by atomic mass is 19.1. The first kappa shape index (κ1) is 19.0. The Kier molecular flexibility index (Phi) is 4.73. The minimum absolute atomic E-state index is 0.00818. The van der Waals surface area contributed by atoms with Crippen LogP contribution in [0.1, 0.15) is 11.7 Å². The highest BCUT2D eigenvalue weighted by Crippen LogP contribution is 2.22. The molecule has 10 heteroatoms. The van der Waals surface area contributed by atoms with Gasteiger partial charge in [-0.15, -0.1) is 5.10 Å². The lowest BCUT2D eigenvalue weighted by molar-refractivity contribution is -0.137. The van der Waals surface area contributed by atoms with Crippen molar-refractivity contribution in [2.24, 2.45) is 0 Å². The Morgan fingerprint density at radius 1 is 1.16 bits per heavy atom. The number of oxazole rings is 1. The second-order valence-electron chi connectivity index (χ2n) is 7.31. The lowest BCUT2D eigenvalue weighted by atomic mass is 10.1. The first-order chi connectivity index (χ1) is 15.1. The number of fused-ring (bicyclic) bond motifs is 1. The number of benzene rings is 2. The van der Waals surface area contributed by atoms with Crippen molar-refractivity contribution in [1.82, 2.24) is 24.5 Å². The summed E-state index contributed by atoms with van der Waals surface area (Å²) >= 11 is 0. The SMILES string of the molecule is O=C(Cn1c(=O)oc2ccccc21)N1CC(n2cc(COc3ccc(F)cc3)nn2)C1. The van der Waals surface area contributed by atoms with E-state index in [9.17, 15) is 14.0 Å². The number of carbonyl (C=O) groups excluding carboxylic acids is 1. The van der Waals surface area contributed by atoms with E-state index >= 15 is 0 Å². The maximum atomic E-state index is 12.9. The van der Waals surface area contributed by atoms with Crippen LogP contribution >= 0.6 is 0 Å². The minimum Gasteiger partial charge on any atom is -0.487 e. The third-order valence-electron chi connectivity index (χ3n) is 5.21. The molecule has 9 nitrogen and oxygen atoms in total. The summed E-state index contributed by atoms with van der Waals surface area (Å²) in [6.45, 7) is 1.09. The Hall–Kier alpha value is -3.95. The second kappa shape index (κ2) is 7.71. The molecule has 1 aliphatic rings. The zero-order valence-electron chi connectivity index (χ0n) is 16.3. The van der Waals surface area contributed by atoms with Crippen LogP contribution in [0.3, 0.4) is 0 Å². The molecule has 0 saturated carbocycles. The Balaban J connectivity index is 1.16. The van der Waals surface area contributed by atoms with Crippen LogP contribution in [0.2, 0.25) is 0 Å². The molecule has 5 rings (SSSR count). The molecule has 4 aromatic rings. The van der Waals surface area contributed by atoms with Crippen LogP contribution in [-0.2, 0) is 17.9 Å². The van der Waals surface area contributed by atoms with Crippen LogP contribution in [0.5, 0.6) is 5.75 Å². The summed E-state index contributed by atoms with van der Waals surface area (Å²) in [5.74, 6) is -0.495. The average Bonchev–Trinajstić information content (AvgIpc) is 3.31. The second-order valence-corrected chi connectivity index (χ2v) is 7.31. The van der Waals surface area contributed by atoms with E-state index in [1.54, 1.807) is 52.2 Å². The molecule has 0 aliphatic carbocycles. The van der Waals surface area contributed by atoms with E-state index in [4.69, 9.17) is 9.15 Å². The zero-order chi connectivity index (χ0) is 21.4. The molecular weight excluding hydrogens is 405 g/mol. The van der Waals surface area contributed by atoms with Crippen LogP contribution in [0.25, 0.3) is 11.1 Å². The maximum Gasteiger partial charge on any atom is 0.420 e. The third kappa shape index (κ3) is 3.79. The average molecular weight is 423 g/mol. The van der Waals surface area contributed by atoms with Gasteiger partial charge in [0.05, 0.1) is 17.8 Å². The molecule has 2 aromatic heterocycles. The normalized spacial score (nSPS) is 14.0. The lowest BCUT2D eigenvalue weighted by Gasteiger charge is -2.38. The van der Waals surface area contributed by atoms with Gasteiger partial charge < -0.3 is 14.1 Å². The first-order valence-corrected chi connectivity index (χ1v) is 9.72. The largest absolute Gasteiger partial charge is 0.487 e. The summed E-state index contributed by atoms with van der Waals surface area (Å²) in [6, 6.07) is 12.8. The molecule has 0 atom stereocenters. The number of carbonyl (C=O) groups is 1. The lowest BCUT2D eigenvalue weighted by Crippen LogP contribution is -2.52. The smallest absolute Gasteiger partial charge is 0.420 e. The van der Waals surface area contributed by atoms with Crippen LogP contribution in [0.4, 0.5) is 4.39 Å². The third-order valence-corrected chi connectivity index (χ3v) is 5.21. The van der Waals surface area contributed by atoms with Gasteiger partial charge in [-0.3, -0.25) is 9.36 Å². The Morgan fingerprint density at radius 2 is 1.94 bits per heavy atom. The van der Waals surface area contributed by atoms with Crippen molar-refractivity contribution in [3.63, 3.8) is 0 Å². The molecule has 3 heterocycles. The first-order valence-electron chi connectivity index (χ1n) is 9.72. The van der Waals surface area contributed by atoms with Crippen molar-refractivity contribution in [3.05, 3.63) is 76.8 Å². The van der Waals surface area contributed by atoms with Gasteiger partial charge in [-0.1, -0.05) is 17.3 Å².